The molecular weight excluding hydrogens is 95.1 g/mol. The van der Waals surface area contributed by atoms with Gasteiger partial charge >= 0.3 is 29.6 Å². The zero-order valence-electron chi connectivity index (χ0n) is 1.93. The van der Waals surface area contributed by atoms with E-state index < -0.39 is 0 Å². The summed E-state index contributed by atoms with van der Waals surface area (Å²) in [6.07, 6.45) is 0. The zero-order valence-corrected chi connectivity index (χ0v) is 2.75. The van der Waals surface area contributed by atoms with Gasteiger partial charge < -0.3 is 0 Å². The molecule has 0 fully saturated rings. The van der Waals surface area contributed by atoms with Crippen LogP contribution in [0.3, 0.4) is 0 Å². The van der Waals surface area contributed by atoms with Crippen molar-refractivity contribution in [2.24, 2.45) is 5.14 Å². The van der Waals surface area contributed by atoms with E-state index in [2.05, 4.69) is 5.14 Å². The molecule has 0 rings (SSSR count). The standard InChI is InChI=1S/CH2N2S.Na.H/c2-1-4-3;;/h3H2;;. The summed E-state index contributed by atoms with van der Waals surface area (Å²) >= 11 is 0.662. The second kappa shape index (κ2) is 8.84. The molecule has 0 radical (unpaired) electrons. The Bertz CT molecular complexity index is 39.4. The summed E-state index contributed by atoms with van der Waals surface area (Å²) in [5.74, 6) is 0. The van der Waals surface area contributed by atoms with Gasteiger partial charge in [-0.3, -0.25) is 5.14 Å². The summed E-state index contributed by atoms with van der Waals surface area (Å²) in [5, 5.41) is 13.7. The minimum absolute atomic E-state index is 0. The number of nitrogens with two attached hydrogens (primary N) is 1. The van der Waals surface area contributed by atoms with Crippen molar-refractivity contribution < 1.29 is 0 Å². The second-order valence-corrected chi connectivity index (χ2v) is 0.627. The number of thiocyanates is 1. The van der Waals surface area contributed by atoms with Gasteiger partial charge in [0.15, 0.2) is 0 Å². The van der Waals surface area contributed by atoms with Crippen LogP contribution >= 0.6 is 11.9 Å². The van der Waals surface area contributed by atoms with Crippen molar-refractivity contribution in [3.63, 3.8) is 0 Å². The van der Waals surface area contributed by atoms with Crippen molar-refractivity contribution in [3.8, 4) is 5.40 Å². The topological polar surface area (TPSA) is 49.8 Å². The van der Waals surface area contributed by atoms with E-state index in [0.29, 0.717) is 11.9 Å². The van der Waals surface area contributed by atoms with Gasteiger partial charge in [0, 0.05) is 11.9 Å². The number of rotatable bonds is 0. The molecule has 0 heterocycles. The van der Waals surface area contributed by atoms with Gasteiger partial charge in [0.1, 0.15) is 5.40 Å². The first-order valence-electron chi connectivity index (χ1n) is 0.663. The molecule has 4 heteroatoms. The Hall–Kier alpha value is 0.800. The Labute approximate surface area is 57.1 Å². The Morgan fingerprint density at radius 2 is 2.00 bits per heavy atom. The maximum absolute atomic E-state index is 7.46. The molecule has 0 aliphatic rings. The van der Waals surface area contributed by atoms with E-state index in [0.717, 1.165) is 0 Å². The molecule has 0 unspecified atom stereocenters. The van der Waals surface area contributed by atoms with Crippen molar-refractivity contribution in [2.45, 2.75) is 0 Å². The van der Waals surface area contributed by atoms with Crippen LogP contribution in [0.25, 0.3) is 0 Å². The molecule has 2 nitrogen and oxygen atoms in total. The van der Waals surface area contributed by atoms with E-state index >= 15 is 0 Å². The fourth-order valence-corrected chi connectivity index (χ4v) is 0. The van der Waals surface area contributed by atoms with Gasteiger partial charge in [-0.2, -0.15) is 5.26 Å². The van der Waals surface area contributed by atoms with Crippen LogP contribution in [0.4, 0.5) is 0 Å². The third-order valence-electron chi connectivity index (χ3n) is 0.0527. The normalized spacial score (nSPS) is 4.00. The van der Waals surface area contributed by atoms with Gasteiger partial charge in [0.2, 0.25) is 0 Å². The molecule has 2 N–H and O–H groups in total. The molecule has 0 aliphatic heterocycles. The molecule has 5 heavy (non-hydrogen) atoms. The third-order valence-corrected chi connectivity index (χ3v) is 0.158. The Balaban J connectivity index is 0. The molecule has 0 saturated heterocycles. The molecule has 0 atom stereocenters. The van der Waals surface area contributed by atoms with Crippen LogP contribution in [0.2, 0.25) is 0 Å². The van der Waals surface area contributed by atoms with Crippen LogP contribution < -0.4 is 5.14 Å². The molecule has 0 aliphatic carbocycles. The Morgan fingerprint density at radius 1 is 1.80 bits per heavy atom. The van der Waals surface area contributed by atoms with Gasteiger partial charge in [-0.1, -0.05) is 0 Å². The molecular formula is CH3N2NaS. The van der Waals surface area contributed by atoms with E-state index in [-0.39, 0.29) is 29.6 Å². The maximum atomic E-state index is 7.46. The van der Waals surface area contributed by atoms with Crippen LogP contribution in [0, 0.1) is 10.7 Å². The fraction of sp³-hybridized carbons (Fsp3) is 0. The molecule has 24 valence electrons. The number of nitriles is 1. The van der Waals surface area contributed by atoms with Crippen LogP contribution in [0.1, 0.15) is 0 Å². The van der Waals surface area contributed by atoms with Gasteiger partial charge in [-0.15, -0.1) is 0 Å². The summed E-state index contributed by atoms with van der Waals surface area (Å²) in [7, 11) is 0. The van der Waals surface area contributed by atoms with Crippen molar-refractivity contribution in [1.82, 2.24) is 0 Å². The average molecular weight is 98.1 g/mol. The van der Waals surface area contributed by atoms with E-state index in [4.69, 9.17) is 5.26 Å². The fourth-order valence-electron chi connectivity index (χ4n) is 0. The molecule has 0 amide bonds. The van der Waals surface area contributed by atoms with Crippen LogP contribution in [0.15, 0.2) is 0 Å². The van der Waals surface area contributed by atoms with Gasteiger partial charge in [0.25, 0.3) is 0 Å². The zero-order chi connectivity index (χ0) is 3.41. The van der Waals surface area contributed by atoms with Crippen LogP contribution in [-0.4, -0.2) is 29.6 Å². The van der Waals surface area contributed by atoms with E-state index in [1.165, 1.54) is 0 Å². The minimum atomic E-state index is 0. The van der Waals surface area contributed by atoms with Crippen LogP contribution in [0.5, 0.6) is 0 Å². The number of hydrogen-bond acceptors (Lipinski definition) is 3. The van der Waals surface area contributed by atoms with Crippen molar-refractivity contribution in [2.75, 3.05) is 0 Å². The SMILES string of the molecule is N#CSN.[NaH]. The summed E-state index contributed by atoms with van der Waals surface area (Å²) in [6.45, 7) is 0. The van der Waals surface area contributed by atoms with Gasteiger partial charge in [-0.05, 0) is 0 Å². The average Bonchev–Trinajstić information content (AvgIpc) is 1.37. The predicted octanol–water partition coefficient (Wildman–Crippen LogP) is -0.574. The summed E-state index contributed by atoms with van der Waals surface area (Å²) in [4.78, 5) is 0. The molecule has 0 aromatic heterocycles. The first kappa shape index (κ1) is 9.25. The first-order chi connectivity index (χ1) is 1.91. The van der Waals surface area contributed by atoms with Crippen molar-refractivity contribution >= 4 is 41.5 Å². The van der Waals surface area contributed by atoms with Gasteiger partial charge in [-0.25, -0.2) is 0 Å². The monoisotopic (exact) mass is 98.0 g/mol. The third kappa shape index (κ3) is 11.6. The number of hydrogen-bond donors (Lipinski definition) is 1. The van der Waals surface area contributed by atoms with E-state index in [9.17, 15) is 0 Å². The molecule has 0 aromatic carbocycles. The Kier molecular flexibility index (Phi) is 16.4. The molecule has 0 bridgehead atoms. The van der Waals surface area contributed by atoms with Crippen molar-refractivity contribution in [3.05, 3.63) is 0 Å². The predicted molar refractivity (Wildman–Crippen MR) is 24.5 cm³/mol. The first-order valence-corrected chi connectivity index (χ1v) is 1.54. The van der Waals surface area contributed by atoms with E-state index in [1.807, 2.05) is 0 Å². The van der Waals surface area contributed by atoms with Crippen molar-refractivity contribution in [1.29, 1.82) is 5.26 Å². The van der Waals surface area contributed by atoms with Crippen LogP contribution in [-0.2, 0) is 0 Å². The summed E-state index contributed by atoms with van der Waals surface area (Å²) < 4.78 is 0. The summed E-state index contributed by atoms with van der Waals surface area (Å²) in [5.41, 5.74) is 0. The Morgan fingerprint density at radius 3 is 2.00 bits per heavy atom. The van der Waals surface area contributed by atoms with Gasteiger partial charge in [0.05, 0.1) is 0 Å². The number of nitrogens with zero attached hydrogens (tertiary/aromatic N) is 1. The van der Waals surface area contributed by atoms with E-state index in [1.54, 1.807) is 5.40 Å². The molecule has 0 aromatic rings. The molecule has 0 spiro atoms. The quantitative estimate of drug-likeness (QED) is 0.250. The summed E-state index contributed by atoms with van der Waals surface area (Å²) in [6, 6.07) is 0. The second-order valence-electron chi connectivity index (χ2n) is 0.209. The molecule has 0 saturated carbocycles.